The zero-order valence-corrected chi connectivity index (χ0v) is 10.6. The Balaban J connectivity index is 2.72. The molecule has 19 heavy (non-hydrogen) atoms. The lowest BCUT2D eigenvalue weighted by Crippen LogP contribution is -2.29. The van der Waals surface area contributed by atoms with E-state index in [1.165, 1.54) is 0 Å². The number of carbonyl (C=O) groups is 3. The number of nitrogens with two attached hydrogens (primary N) is 1. The summed E-state index contributed by atoms with van der Waals surface area (Å²) in [5, 5.41) is 11.4. The molecule has 0 spiro atoms. The molecule has 1 rings (SSSR count). The van der Waals surface area contributed by atoms with Gasteiger partial charge < -0.3 is 25.9 Å². The number of ether oxygens (including phenoxy) is 1. The fraction of sp³-hybridized carbons (Fsp3) is 0.364. The molecule has 5 N–H and O–H groups in total. The smallest absolute Gasteiger partial charge is 0.404 e. The number of carboxylic acid groups (broad SMARTS) is 1. The van der Waals surface area contributed by atoms with Crippen LogP contribution in [0.5, 0.6) is 0 Å². The minimum atomic E-state index is -1.13. The molecule has 8 nitrogen and oxygen atoms in total. The fourth-order valence-corrected chi connectivity index (χ4v) is 1.71. The quantitative estimate of drug-likeness (QED) is 0.564. The Kier molecular flexibility index (Phi) is 4.51. The van der Waals surface area contributed by atoms with E-state index < -0.39 is 18.0 Å². The lowest BCUT2D eigenvalue weighted by atomic mass is 10.1. The zero-order valence-electron chi connectivity index (χ0n) is 10.6. The van der Waals surface area contributed by atoms with Gasteiger partial charge in [-0.2, -0.15) is 0 Å². The number of H-pyrrole nitrogens is 1. The van der Waals surface area contributed by atoms with E-state index in [2.05, 4.69) is 15.0 Å². The van der Waals surface area contributed by atoms with E-state index >= 15 is 0 Å². The number of carbonyl (C=O) groups excluding carboxylic acids is 2. The fourth-order valence-electron chi connectivity index (χ4n) is 1.71. The Morgan fingerprint density at radius 2 is 2.00 bits per heavy atom. The maximum absolute atomic E-state index is 11.9. The Morgan fingerprint density at radius 1 is 1.37 bits per heavy atom. The zero-order chi connectivity index (χ0) is 14.6. The molecule has 0 bridgehead atoms. The van der Waals surface area contributed by atoms with E-state index in [-0.39, 0.29) is 24.4 Å². The molecule has 1 heterocycles. The number of aromatic amines is 1. The van der Waals surface area contributed by atoms with Crippen molar-refractivity contribution in [3.63, 3.8) is 0 Å². The van der Waals surface area contributed by atoms with Gasteiger partial charge in [0.2, 0.25) is 0 Å². The number of hydrogen-bond donors (Lipinski definition) is 4. The molecule has 0 saturated carbocycles. The van der Waals surface area contributed by atoms with E-state index in [9.17, 15) is 14.4 Å². The van der Waals surface area contributed by atoms with Gasteiger partial charge in [-0.25, -0.2) is 9.59 Å². The van der Waals surface area contributed by atoms with Crippen LogP contribution in [0.1, 0.15) is 32.1 Å². The summed E-state index contributed by atoms with van der Waals surface area (Å²) in [6.45, 7) is 3.19. The second kappa shape index (κ2) is 5.89. The molecule has 0 aliphatic carbocycles. The van der Waals surface area contributed by atoms with Gasteiger partial charge in [0.05, 0.1) is 12.1 Å². The normalized spacial score (nSPS) is 10.0. The van der Waals surface area contributed by atoms with Gasteiger partial charge in [-0.3, -0.25) is 4.79 Å². The van der Waals surface area contributed by atoms with Crippen molar-refractivity contribution in [3.05, 3.63) is 22.5 Å². The van der Waals surface area contributed by atoms with Crippen LogP contribution in [0.15, 0.2) is 0 Å². The van der Waals surface area contributed by atoms with Crippen molar-refractivity contribution in [2.45, 2.75) is 13.8 Å². The molecule has 0 saturated heterocycles. The first-order chi connectivity index (χ1) is 8.84. The van der Waals surface area contributed by atoms with Crippen molar-refractivity contribution in [3.8, 4) is 0 Å². The summed E-state index contributed by atoms with van der Waals surface area (Å²) in [6, 6.07) is 0. The van der Waals surface area contributed by atoms with Gasteiger partial charge in [0.25, 0.3) is 5.91 Å². The first-order valence-corrected chi connectivity index (χ1v) is 5.47. The number of carboxylic acids is 1. The molecule has 0 aliphatic heterocycles. The van der Waals surface area contributed by atoms with E-state index in [0.29, 0.717) is 11.3 Å². The largest absolute Gasteiger partial charge is 0.477 e. The maximum Gasteiger partial charge on any atom is 0.404 e. The van der Waals surface area contributed by atoms with Crippen molar-refractivity contribution in [2.24, 2.45) is 5.73 Å². The molecular formula is C11H15N3O5. The highest BCUT2D eigenvalue weighted by atomic mass is 16.5. The minimum Gasteiger partial charge on any atom is -0.477 e. The molecule has 104 valence electrons. The molecule has 2 amide bonds. The topological polar surface area (TPSA) is 135 Å². The van der Waals surface area contributed by atoms with Crippen LogP contribution in [0.2, 0.25) is 0 Å². The predicted molar refractivity (Wildman–Crippen MR) is 65.1 cm³/mol. The van der Waals surface area contributed by atoms with Crippen LogP contribution in [-0.2, 0) is 4.74 Å². The summed E-state index contributed by atoms with van der Waals surface area (Å²) in [7, 11) is 0. The summed E-state index contributed by atoms with van der Waals surface area (Å²) >= 11 is 0. The number of nitrogens with one attached hydrogen (secondary N) is 2. The van der Waals surface area contributed by atoms with E-state index in [0.717, 1.165) is 0 Å². The van der Waals surface area contributed by atoms with Crippen LogP contribution in [0, 0.1) is 13.8 Å². The van der Waals surface area contributed by atoms with Crippen LogP contribution in [0.25, 0.3) is 0 Å². The average molecular weight is 269 g/mol. The first-order valence-electron chi connectivity index (χ1n) is 5.47. The van der Waals surface area contributed by atoms with Crippen molar-refractivity contribution >= 4 is 18.0 Å². The van der Waals surface area contributed by atoms with Gasteiger partial charge in [0.15, 0.2) is 0 Å². The Hall–Kier alpha value is -2.51. The molecule has 0 unspecified atom stereocenters. The molecule has 1 aromatic heterocycles. The molecule has 8 heteroatoms. The highest BCUT2D eigenvalue weighted by molar-refractivity contribution is 6.00. The summed E-state index contributed by atoms with van der Waals surface area (Å²) in [5.41, 5.74) is 5.84. The van der Waals surface area contributed by atoms with Crippen molar-refractivity contribution in [2.75, 3.05) is 13.2 Å². The van der Waals surface area contributed by atoms with Gasteiger partial charge in [-0.1, -0.05) is 0 Å². The van der Waals surface area contributed by atoms with Crippen molar-refractivity contribution in [1.29, 1.82) is 0 Å². The van der Waals surface area contributed by atoms with Crippen molar-refractivity contribution < 1.29 is 24.2 Å². The molecule has 0 radical (unpaired) electrons. The number of aryl methyl sites for hydroxylation is 1. The van der Waals surface area contributed by atoms with Gasteiger partial charge in [-0.05, 0) is 19.4 Å². The predicted octanol–water partition coefficient (Wildman–Crippen LogP) is 0.155. The van der Waals surface area contributed by atoms with E-state index in [1.54, 1.807) is 13.8 Å². The third-order valence-electron chi connectivity index (χ3n) is 2.51. The van der Waals surface area contributed by atoms with Gasteiger partial charge in [0, 0.05) is 5.69 Å². The second-order valence-corrected chi connectivity index (χ2v) is 3.85. The number of aromatic nitrogens is 1. The summed E-state index contributed by atoms with van der Waals surface area (Å²) < 4.78 is 4.45. The average Bonchev–Trinajstić information content (AvgIpc) is 2.60. The number of rotatable bonds is 5. The molecule has 0 atom stereocenters. The first kappa shape index (κ1) is 14.6. The Labute approximate surface area is 108 Å². The third kappa shape index (κ3) is 3.47. The molecular weight excluding hydrogens is 254 g/mol. The van der Waals surface area contributed by atoms with Crippen LogP contribution in [-0.4, -0.2) is 41.2 Å². The van der Waals surface area contributed by atoms with Crippen LogP contribution in [0.4, 0.5) is 4.79 Å². The minimum absolute atomic E-state index is 0.0176. The lowest BCUT2D eigenvalue weighted by molar-refractivity contribution is 0.0690. The molecule has 0 aromatic carbocycles. The SMILES string of the molecule is Cc1[nH]c(C(=O)O)c(C)c1C(=O)NCCOC(N)=O. The second-order valence-electron chi connectivity index (χ2n) is 3.85. The molecule has 0 fully saturated rings. The standard InChI is InChI=1S/C11H15N3O5/c1-5-7(6(2)14-8(5)10(16)17)9(15)13-3-4-19-11(12)18/h14H,3-4H2,1-2H3,(H2,12,18)(H,13,15)(H,16,17). The Bertz CT molecular complexity index is 521. The van der Waals surface area contributed by atoms with Gasteiger partial charge >= 0.3 is 12.1 Å². The summed E-state index contributed by atoms with van der Waals surface area (Å²) in [5.74, 6) is -1.57. The van der Waals surface area contributed by atoms with Crippen LogP contribution >= 0.6 is 0 Å². The summed E-state index contributed by atoms with van der Waals surface area (Å²) in [4.78, 5) is 35.7. The van der Waals surface area contributed by atoms with E-state index in [4.69, 9.17) is 10.8 Å². The third-order valence-corrected chi connectivity index (χ3v) is 2.51. The highest BCUT2D eigenvalue weighted by Crippen LogP contribution is 2.17. The number of aromatic carboxylic acids is 1. The number of primary amides is 1. The van der Waals surface area contributed by atoms with Crippen LogP contribution in [0.3, 0.4) is 0 Å². The van der Waals surface area contributed by atoms with Gasteiger partial charge in [0.1, 0.15) is 12.3 Å². The molecule has 1 aromatic rings. The van der Waals surface area contributed by atoms with Crippen molar-refractivity contribution in [1.82, 2.24) is 10.3 Å². The monoisotopic (exact) mass is 269 g/mol. The highest BCUT2D eigenvalue weighted by Gasteiger charge is 2.21. The maximum atomic E-state index is 11.9. The lowest BCUT2D eigenvalue weighted by Gasteiger charge is -2.05. The van der Waals surface area contributed by atoms with Crippen LogP contribution < -0.4 is 11.1 Å². The molecule has 0 aliphatic rings. The number of hydrogen-bond acceptors (Lipinski definition) is 4. The van der Waals surface area contributed by atoms with E-state index in [1.807, 2.05) is 0 Å². The Morgan fingerprint density at radius 3 is 2.47 bits per heavy atom. The number of amides is 2. The summed E-state index contributed by atoms with van der Waals surface area (Å²) in [6.07, 6.45) is -0.920. The van der Waals surface area contributed by atoms with Gasteiger partial charge in [-0.15, -0.1) is 0 Å².